The summed E-state index contributed by atoms with van der Waals surface area (Å²) in [6.07, 6.45) is 0. The normalized spacial score (nSPS) is 12.1. The van der Waals surface area contributed by atoms with E-state index >= 15 is 0 Å². The van der Waals surface area contributed by atoms with Gasteiger partial charge >= 0.3 is 0 Å². The predicted molar refractivity (Wildman–Crippen MR) is 96.0 cm³/mol. The summed E-state index contributed by atoms with van der Waals surface area (Å²) in [5.41, 5.74) is 3.77. The van der Waals surface area contributed by atoms with Crippen LogP contribution in [0.1, 0.15) is 11.1 Å². The molecule has 0 radical (unpaired) electrons. The summed E-state index contributed by atoms with van der Waals surface area (Å²) in [4.78, 5) is 4.41. The second kappa shape index (κ2) is 7.07. The van der Waals surface area contributed by atoms with Gasteiger partial charge in [-0.05, 0) is 29.7 Å². The van der Waals surface area contributed by atoms with Crippen LogP contribution in [0.5, 0.6) is 0 Å². The number of halogens is 1. The number of aryl methyl sites for hydroxylation is 1. The lowest BCUT2D eigenvalue weighted by Crippen LogP contribution is -2.03. The zero-order valence-corrected chi connectivity index (χ0v) is 14.3. The summed E-state index contributed by atoms with van der Waals surface area (Å²) in [5.74, 6) is 0.424. The molecule has 0 saturated carbocycles. The van der Waals surface area contributed by atoms with Gasteiger partial charge in [0.2, 0.25) is 0 Å². The smallest absolute Gasteiger partial charge is 0.137 e. The molecule has 23 heavy (non-hydrogen) atoms. The summed E-state index contributed by atoms with van der Waals surface area (Å²) >= 11 is 6.17. The van der Waals surface area contributed by atoms with Crippen LogP contribution in [0, 0.1) is 6.92 Å². The highest BCUT2D eigenvalue weighted by molar-refractivity contribution is 7.84. The molecule has 2 aromatic carbocycles. The Morgan fingerprint density at radius 1 is 1.00 bits per heavy atom. The van der Waals surface area contributed by atoms with Gasteiger partial charge in [0.15, 0.2) is 0 Å². The SMILES string of the molecule is Cc1cc(-c2ccccc2)c(S(=O)Cc2ccccc2)nc1Cl. The van der Waals surface area contributed by atoms with Gasteiger partial charge in [0.05, 0.1) is 16.6 Å². The van der Waals surface area contributed by atoms with E-state index in [2.05, 4.69) is 4.98 Å². The largest absolute Gasteiger partial charge is 0.252 e. The zero-order chi connectivity index (χ0) is 16.2. The molecule has 3 rings (SSSR count). The molecule has 0 amide bonds. The number of hydrogen-bond donors (Lipinski definition) is 0. The van der Waals surface area contributed by atoms with Crippen molar-refractivity contribution in [3.05, 3.63) is 83.0 Å². The molecule has 0 bridgehead atoms. The van der Waals surface area contributed by atoms with Crippen LogP contribution in [-0.4, -0.2) is 9.19 Å². The molecule has 1 aromatic heterocycles. The van der Waals surface area contributed by atoms with E-state index in [1.165, 1.54) is 0 Å². The van der Waals surface area contributed by atoms with Crippen molar-refractivity contribution in [2.24, 2.45) is 0 Å². The fourth-order valence-corrected chi connectivity index (χ4v) is 3.80. The minimum atomic E-state index is -1.26. The standard InChI is InChI=1S/C19H16ClNOS/c1-14-12-17(16-10-6-3-7-11-16)19(21-18(14)20)23(22)13-15-8-4-2-5-9-15/h2-12H,13H2,1H3. The average molecular weight is 342 g/mol. The third-order valence-electron chi connectivity index (χ3n) is 3.56. The summed E-state index contributed by atoms with van der Waals surface area (Å²) in [6.45, 7) is 1.91. The predicted octanol–water partition coefficient (Wildman–Crippen LogP) is 5.02. The van der Waals surface area contributed by atoms with Crippen molar-refractivity contribution < 1.29 is 4.21 Å². The van der Waals surface area contributed by atoms with Crippen molar-refractivity contribution in [2.75, 3.05) is 0 Å². The van der Waals surface area contributed by atoms with Crippen LogP contribution in [0.15, 0.2) is 71.8 Å². The first kappa shape index (κ1) is 15.9. The van der Waals surface area contributed by atoms with Crippen molar-refractivity contribution in [1.29, 1.82) is 0 Å². The second-order valence-electron chi connectivity index (χ2n) is 5.29. The molecule has 0 fully saturated rings. The Kier molecular flexibility index (Phi) is 4.89. The van der Waals surface area contributed by atoms with Crippen LogP contribution in [0.4, 0.5) is 0 Å². The molecule has 0 spiro atoms. The van der Waals surface area contributed by atoms with Crippen LogP contribution >= 0.6 is 11.6 Å². The molecule has 1 unspecified atom stereocenters. The molecule has 1 atom stereocenters. The monoisotopic (exact) mass is 341 g/mol. The molecular weight excluding hydrogens is 326 g/mol. The molecule has 1 heterocycles. The van der Waals surface area contributed by atoms with Crippen molar-refractivity contribution >= 4 is 22.4 Å². The molecule has 0 aliphatic carbocycles. The van der Waals surface area contributed by atoms with Gasteiger partial charge in [0, 0.05) is 5.56 Å². The summed E-state index contributed by atoms with van der Waals surface area (Å²) in [6, 6.07) is 21.6. The molecule has 3 aromatic rings. The van der Waals surface area contributed by atoms with Crippen molar-refractivity contribution in [2.45, 2.75) is 17.7 Å². The third kappa shape index (κ3) is 3.69. The topological polar surface area (TPSA) is 30.0 Å². The Morgan fingerprint density at radius 2 is 1.61 bits per heavy atom. The number of hydrogen-bond acceptors (Lipinski definition) is 2. The first-order valence-electron chi connectivity index (χ1n) is 7.30. The molecule has 0 aliphatic heterocycles. The molecule has 2 nitrogen and oxygen atoms in total. The van der Waals surface area contributed by atoms with Crippen molar-refractivity contribution in [3.63, 3.8) is 0 Å². The number of aromatic nitrogens is 1. The lowest BCUT2D eigenvalue weighted by Gasteiger charge is -2.11. The second-order valence-corrected chi connectivity index (χ2v) is 7.01. The van der Waals surface area contributed by atoms with Gasteiger partial charge in [-0.3, -0.25) is 4.21 Å². The van der Waals surface area contributed by atoms with E-state index < -0.39 is 10.8 Å². The summed E-state index contributed by atoms with van der Waals surface area (Å²) < 4.78 is 12.9. The third-order valence-corrected chi connectivity index (χ3v) is 5.28. The van der Waals surface area contributed by atoms with Gasteiger partial charge in [-0.15, -0.1) is 0 Å². The maximum atomic E-state index is 12.9. The highest BCUT2D eigenvalue weighted by atomic mass is 35.5. The Bertz CT molecular complexity index is 835. The highest BCUT2D eigenvalue weighted by Gasteiger charge is 2.16. The van der Waals surface area contributed by atoms with E-state index in [0.29, 0.717) is 15.9 Å². The fourth-order valence-electron chi connectivity index (χ4n) is 2.37. The Balaban J connectivity index is 2.04. The molecule has 4 heteroatoms. The van der Waals surface area contributed by atoms with E-state index in [0.717, 1.165) is 22.3 Å². The minimum Gasteiger partial charge on any atom is -0.252 e. The van der Waals surface area contributed by atoms with E-state index in [-0.39, 0.29) is 0 Å². The number of benzene rings is 2. The van der Waals surface area contributed by atoms with Gasteiger partial charge < -0.3 is 0 Å². The van der Waals surface area contributed by atoms with Crippen LogP contribution in [0.2, 0.25) is 5.15 Å². The number of nitrogens with zero attached hydrogens (tertiary/aromatic N) is 1. The van der Waals surface area contributed by atoms with E-state index in [4.69, 9.17) is 11.6 Å². The summed E-state index contributed by atoms with van der Waals surface area (Å²) in [5, 5.41) is 0.941. The van der Waals surface area contributed by atoms with E-state index in [1.807, 2.05) is 73.7 Å². The van der Waals surface area contributed by atoms with Crippen LogP contribution < -0.4 is 0 Å². The van der Waals surface area contributed by atoms with Crippen LogP contribution in [0.3, 0.4) is 0 Å². The molecule has 0 N–H and O–H groups in total. The Morgan fingerprint density at radius 3 is 2.26 bits per heavy atom. The van der Waals surface area contributed by atoms with E-state index in [1.54, 1.807) is 0 Å². The van der Waals surface area contributed by atoms with Crippen molar-refractivity contribution in [3.8, 4) is 11.1 Å². The first-order valence-corrected chi connectivity index (χ1v) is 8.99. The van der Waals surface area contributed by atoms with E-state index in [9.17, 15) is 4.21 Å². The van der Waals surface area contributed by atoms with Crippen LogP contribution in [-0.2, 0) is 16.6 Å². The first-order chi connectivity index (χ1) is 11.1. The maximum Gasteiger partial charge on any atom is 0.137 e. The maximum absolute atomic E-state index is 12.9. The van der Waals surface area contributed by atoms with Gasteiger partial charge in [-0.2, -0.15) is 0 Å². The lowest BCUT2D eigenvalue weighted by molar-refractivity contribution is 0.680. The summed E-state index contributed by atoms with van der Waals surface area (Å²) in [7, 11) is -1.26. The minimum absolute atomic E-state index is 0.404. The number of pyridine rings is 1. The Labute approximate surface area is 143 Å². The fraction of sp³-hybridized carbons (Fsp3) is 0.105. The van der Waals surface area contributed by atoms with Gasteiger partial charge in [-0.1, -0.05) is 72.3 Å². The van der Waals surface area contributed by atoms with Crippen LogP contribution in [0.25, 0.3) is 11.1 Å². The molecular formula is C19H16ClNOS. The lowest BCUT2D eigenvalue weighted by atomic mass is 10.1. The van der Waals surface area contributed by atoms with Crippen molar-refractivity contribution in [1.82, 2.24) is 4.98 Å². The van der Waals surface area contributed by atoms with Gasteiger partial charge in [0.25, 0.3) is 0 Å². The van der Waals surface area contributed by atoms with Gasteiger partial charge in [0.1, 0.15) is 10.2 Å². The highest BCUT2D eigenvalue weighted by Crippen LogP contribution is 2.29. The Hall–Kier alpha value is -1.97. The molecule has 116 valence electrons. The molecule has 0 saturated heterocycles. The average Bonchev–Trinajstić information content (AvgIpc) is 2.58. The zero-order valence-electron chi connectivity index (χ0n) is 12.7. The number of rotatable bonds is 4. The quantitative estimate of drug-likeness (QED) is 0.624. The molecule has 0 aliphatic rings. The van der Waals surface area contributed by atoms with Gasteiger partial charge in [-0.25, -0.2) is 4.98 Å².